The standard InChI is InChI=1S/C15H19FN4O3/c1-2-23-15(22)11-12(17)10-7-18-20(13(10)19-14(11)21)9-5-3-4-8(16)6-9/h3-6,10-13,18H,2,7,17H2,1H3,(H,19,21). The Kier molecular flexibility index (Phi) is 4.18. The Morgan fingerprint density at radius 2 is 2.30 bits per heavy atom. The van der Waals surface area contributed by atoms with Crippen LogP contribution in [0.3, 0.4) is 0 Å². The quantitative estimate of drug-likeness (QED) is 0.524. The molecule has 8 heteroatoms. The lowest BCUT2D eigenvalue weighted by Gasteiger charge is -2.38. The van der Waals surface area contributed by atoms with Crippen molar-refractivity contribution in [3.8, 4) is 0 Å². The minimum absolute atomic E-state index is 0.189. The summed E-state index contributed by atoms with van der Waals surface area (Å²) in [6, 6.07) is 5.36. The van der Waals surface area contributed by atoms with E-state index in [2.05, 4.69) is 10.7 Å². The number of benzene rings is 1. The smallest absolute Gasteiger partial charge is 0.320 e. The van der Waals surface area contributed by atoms with Gasteiger partial charge in [0.05, 0.1) is 12.3 Å². The van der Waals surface area contributed by atoms with Crippen molar-refractivity contribution in [1.29, 1.82) is 0 Å². The van der Waals surface area contributed by atoms with Gasteiger partial charge in [0.15, 0.2) is 5.92 Å². The number of rotatable bonds is 3. The molecule has 0 spiro atoms. The summed E-state index contributed by atoms with van der Waals surface area (Å²) in [5.74, 6) is -2.66. The molecule has 1 amide bonds. The summed E-state index contributed by atoms with van der Waals surface area (Å²) in [6.07, 6.45) is -0.440. The zero-order valence-electron chi connectivity index (χ0n) is 12.7. The molecule has 0 radical (unpaired) electrons. The molecule has 2 aliphatic rings. The number of amides is 1. The van der Waals surface area contributed by atoms with Crippen LogP contribution in [0, 0.1) is 17.7 Å². The van der Waals surface area contributed by atoms with Crippen LogP contribution in [0.5, 0.6) is 0 Å². The van der Waals surface area contributed by atoms with Crippen LogP contribution in [-0.4, -0.2) is 37.2 Å². The first-order chi connectivity index (χ1) is 11.0. The molecule has 23 heavy (non-hydrogen) atoms. The van der Waals surface area contributed by atoms with Gasteiger partial charge in [0.2, 0.25) is 5.91 Å². The van der Waals surface area contributed by atoms with Gasteiger partial charge >= 0.3 is 5.97 Å². The molecule has 4 N–H and O–H groups in total. The number of esters is 1. The molecule has 2 heterocycles. The number of nitrogens with zero attached hydrogens (tertiary/aromatic N) is 1. The predicted octanol–water partition coefficient (Wildman–Crippen LogP) is -0.271. The van der Waals surface area contributed by atoms with Crippen LogP contribution in [0.1, 0.15) is 6.92 Å². The second kappa shape index (κ2) is 6.13. The van der Waals surface area contributed by atoms with Crippen LogP contribution >= 0.6 is 0 Å². The number of ether oxygens (including phenoxy) is 1. The number of hydrogen-bond donors (Lipinski definition) is 3. The summed E-state index contributed by atoms with van der Waals surface area (Å²) >= 11 is 0. The molecule has 124 valence electrons. The fourth-order valence-corrected chi connectivity index (χ4v) is 3.15. The van der Waals surface area contributed by atoms with Crippen LogP contribution in [0.4, 0.5) is 10.1 Å². The van der Waals surface area contributed by atoms with E-state index >= 15 is 0 Å². The van der Waals surface area contributed by atoms with Crippen molar-refractivity contribution in [2.24, 2.45) is 17.6 Å². The van der Waals surface area contributed by atoms with Crippen molar-refractivity contribution in [2.75, 3.05) is 18.2 Å². The van der Waals surface area contributed by atoms with Crippen LogP contribution in [0.2, 0.25) is 0 Å². The van der Waals surface area contributed by atoms with E-state index in [4.69, 9.17) is 10.5 Å². The van der Waals surface area contributed by atoms with Crippen LogP contribution in [-0.2, 0) is 14.3 Å². The zero-order valence-corrected chi connectivity index (χ0v) is 12.7. The summed E-state index contributed by atoms with van der Waals surface area (Å²) in [4.78, 5) is 24.2. The van der Waals surface area contributed by atoms with Gasteiger partial charge in [-0.1, -0.05) is 6.07 Å². The van der Waals surface area contributed by atoms with Crippen molar-refractivity contribution in [3.05, 3.63) is 30.1 Å². The molecule has 2 aliphatic heterocycles. The number of halogens is 1. The van der Waals surface area contributed by atoms with Gasteiger partial charge in [-0.05, 0) is 25.1 Å². The first-order valence-corrected chi connectivity index (χ1v) is 7.54. The van der Waals surface area contributed by atoms with Gasteiger partial charge in [-0.2, -0.15) is 0 Å². The lowest BCUT2D eigenvalue weighted by Crippen LogP contribution is -2.64. The third-order valence-electron chi connectivity index (χ3n) is 4.26. The maximum absolute atomic E-state index is 13.4. The zero-order chi connectivity index (χ0) is 16.6. The highest BCUT2D eigenvalue weighted by Gasteiger charge is 2.51. The second-order valence-electron chi connectivity index (χ2n) is 5.64. The second-order valence-corrected chi connectivity index (χ2v) is 5.64. The van der Waals surface area contributed by atoms with Crippen molar-refractivity contribution < 1.29 is 18.7 Å². The molecule has 2 fully saturated rings. The Morgan fingerprint density at radius 1 is 1.52 bits per heavy atom. The molecule has 0 aromatic heterocycles. The molecule has 1 aromatic rings. The van der Waals surface area contributed by atoms with Crippen molar-refractivity contribution in [2.45, 2.75) is 19.1 Å². The van der Waals surface area contributed by atoms with Crippen LogP contribution < -0.4 is 21.5 Å². The monoisotopic (exact) mass is 322 g/mol. The van der Waals surface area contributed by atoms with Gasteiger partial charge in [-0.15, -0.1) is 0 Å². The predicted molar refractivity (Wildman–Crippen MR) is 80.4 cm³/mol. The Hall–Kier alpha value is -2.19. The van der Waals surface area contributed by atoms with Gasteiger partial charge < -0.3 is 15.8 Å². The Morgan fingerprint density at radius 3 is 3.00 bits per heavy atom. The average molecular weight is 322 g/mol. The Balaban J connectivity index is 1.82. The summed E-state index contributed by atoms with van der Waals surface area (Å²) in [7, 11) is 0. The van der Waals surface area contributed by atoms with Crippen LogP contribution in [0.15, 0.2) is 24.3 Å². The summed E-state index contributed by atoms with van der Waals surface area (Å²) < 4.78 is 18.4. The fraction of sp³-hybridized carbons (Fsp3) is 0.467. The molecule has 3 rings (SSSR count). The van der Waals surface area contributed by atoms with Crippen molar-refractivity contribution in [1.82, 2.24) is 10.7 Å². The number of hydrogen-bond acceptors (Lipinski definition) is 6. The molecule has 1 aromatic carbocycles. The number of piperidine rings is 1. The van der Waals surface area contributed by atoms with E-state index in [1.54, 1.807) is 24.1 Å². The first kappa shape index (κ1) is 15.7. The lowest BCUT2D eigenvalue weighted by molar-refractivity contribution is -0.155. The molecular formula is C15H19FN4O3. The summed E-state index contributed by atoms with van der Waals surface area (Å²) in [5.41, 5.74) is 9.84. The highest BCUT2D eigenvalue weighted by atomic mass is 19.1. The Bertz CT molecular complexity index is 626. The molecular weight excluding hydrogens is 303 g/mol. The van der Waals surface area contributed by atoms with Gasteiger partial charge in [-0.3, -0.25) is 14.6 Å². The maximum atomic E-state index is 13.4. The summed E-state index contributed by atoms with van der Waals surface area (Å²) in [6.45, 7) is 2.34. The average Bonchev–Trinajstić information content (AvgIpc) is 2.91. The SMILES string of the molecule is CCOC(=O)C1C(=O)NC2C(CNN2c2cccc(F)c2)C1N. The largest absolute Gasteiger partial charge is 0.465 e. The maximum Gasteiger partial charge on any atom is 0.320 e. The molecule has 0 aliphatic carbocycles. The highest BCUT2D eigenvalue weighted by molar-refractivity contribution is 5.99. The number of nitrogens with one attached hydrogen (secondary N) is 2. The lowest BCUT2D eigenvalue weighted by atomic mass is 9.83. The minimum Gasteiger partial charge on any atom is -0.465 e. The number of carbonyl (C=O) groups is 2. The van der Waals surface area contributed by atoms with E-state index in [0.29, 0.717) is 12.2 Å². The van der Waals surface area contributed by atoms with Gasteiger partial charge in [0.1, 0.15) is 12.0 Å². The highest BCUT2D eigenvalue weighted by Crippen LogP contribution is 2.30. The van der Waals surface area contributed by atoms with Crippen molar-refractivity contribution >= 4 is 17.6 Å². The molecule has 4 unspecified atom stereocenters. The van der Waals surface area contributed by atoms with E-state index < -0.39 is 30.0 Å². The molecule has 7 nitrogen and oxygen atoms in total. The third kappa shape index (κ3) is 2.75. The number of fused-ring (bicyclic) bond motifs is 1. The minimum atomic E-state index is -1.02. The normalized spacial score (nSPS) is 29.9. The van der Waals surface area contributed by atoms with E-state index in [9.17, 15) is 14.0 Å². The van der Waals surface area contributed by atoms with E-state index in [0.717, 1.165) is 0 Å². The van der Waals surface area contributed by atoms with E-state index in [1.807, 2.05) is 0 Å². The number of nitrogens with two attached hydrogens (primary N) is 1. The van der Waals surface area contributed by atoms with Gasteiger partial charge in [-0.25, -0.2) is 9.82 Å². The molecule has 0 bridgehead atoms. The van der Waals surface area contributed by atoms with Gasteiger partial charge in [0, 0.05) is 18.5 Å². The number of carbonyl (C=O) groups excluding carboxylic acids is 2. The van der Waals surface area contributed by atoms with Gasteiger partial charge in [0.25, 0.3) is 0 Å². The fourth-order valence-electron chi connectivity index (χ4n) is 3.15. The molecule has 2 saturated heterocycles. The van der Waals surface area contributed by atoms with Crippen molar-refractivity contribution in [3.63, 3.8) is 0 Å². The van der Waals surface area contributed by atoms with E-state index in [1.165, 1.54) is 12.1 Å². The molecule has 0 saturated carbocycles. The number of hydrazine groups is 1. The first-order valence-electron chi connectivity index (χ1n) is 7.54. The Labute approximate surface area is 132 Å². The summed E-state index contributed by atoms with van der Waals surface area (Å²) in [5, 5.41) is 4.46. The third-order valence-corrected chi connectivity index (χ3v) is 4.26. The topological polar surface area (TPSA) is 96.7 Å². The number of anilines is 1. The van der Waals surface area contributed by atoms with E-state index in [-0.39, 0.29) is 18.3 Å². The van der Waals surface area contributed by atoms with Crippen LogP contribution in [0.25, 0.3) is 0 Å². The molecule has 4 atom stereocenters.